The number of hydrogen-bond acceptors (Lipinski definition) is 2. The van der Waals surface area contributed by atoms with Gasteiger partial charge in [0.2, 0.25) is 0 Å². The lowest BCUT2D eigenvalue weighted by molar-refractivity contribution is 0.330. The maximum Gasteiger partial charge on any atom is 0.191 e. The Hall–Kier alpha value is -1.55. The van der Waals surface area contributed by atoms with Gasteiger partial charge in [-0.15, -0.1) is 0 Å². The van der Waals surface area contributed by atoms with E-state index in [1.807, 2.05) is 6.07 Å². The highest BCUT2D eigenvalue weighted by atomic mass is 15.2. The van der Waals surface area contributed by atoms with E-state index in [4.69, 9.17) is 0 Å². The fourth-order valence-corrected chi connectivity index (χ4v) is 2.77. The van der Waals surface area contributed by atoms with Crippen molar-refractivity contribution in [3.8, 4) is 0 Å². The fourth-order valence-electron chi connectivity index (χ4n) is 2.77. The summed E-state index contributed by atoms with van der Waals surface area (Å²) < 4.78 is 0. The SMILES string of the molecule is CCNC(=NCc1ccccc1)NCCCCN1CCCC1. The van der Waals surface area contributed by atoms with Crippen molar-refractivity contribution in [2.75, 3.05) is 32.7 Å². The molecule has 0 atom stereocenters. The van der Waals surface area contributed by atoms with Gasteiger partial charge < -0.3 is 15.5 Å². The Morgan fingerprint density at radius 3 is 2.59 bits per heavy atom. The molecule has 4 heteroatoms. The first-order valence-corrected chi connectivity index (χ1v) is 8.67. The average Bonchev–Trinajstić information content (AvgIpc) is 3.06. The number of likely N-dealkylation sites (tertiary alicyclic amines) is 1. The molecule has 1 aliphatic heterocycles. The van der Waals surface area contributed by atoms with Crippen LogP contribution in [0.1, 0.15) is 38.2 Å². The molecule has 0 radical (unpaired) electrons. The minimum absolute atomic E-state index is 0.726. The van der Waals surface area contributed by atoms with Gasteiger partial charge in [-0.05, 0) is 57.8 Å². The lowest BCUT2D eigenvalue weighted by Gasteiger charge is -2.15. The van der Waals surface area contributed by atoms with Gasteiger partial charge in [-0.25, -0.2) is 4.99 Å². The van der Waals surface area contributed by atoms with Crippen molar-refractivity contribution in [3.05, 3.63) is 35.9 Å². The first-order valence-electron chi connectivity index (χ1n) is 8.67. The van der Waals surface area contributed by atoms with Crippen LogP contribution in [-0.4, -0.2) is 43.6 Å². The highest BCUT2D eigenvalue weighted by Gasteiger charge is 2.09. The van der Waals surface area contributed by atoms with Gasteiger partial charge in [-0.3, -0.25) is 0 Å². The Balaban J connectivity index is 1.64. The smallest absolute Gasteiger partial charge is 0.191 e. The minimum Gasteiger partial charge on any atom is -0.357 e. The molecule has 22 heavy (non-hydrogen) atoms. The fraction of sp³-hybridized carbons (Fsp3) is 0.611. The molecular weight excluding hydrogens is 272 g/mol. The van der Waals surface area contributed by atoms with Crippen LogP contribution in [0.25, 0.3) is 0 Å². The molecule has 0 amide bonds. The van der Waals surface area contributed by atoms with Crippen LogP contribution in [0.15, 0.2) is 35.3 Å². The molecule has 4 nitrogen and oxygen atoms in total. The van der Waals surface area contributed by atoms with Crippen molar-refractivity contribution in [3.63, 3.8) is 0 Å². The van der Waals surface area contributed by atoms with Crippen molar-refractivity contribution in [1.82, 2.24) is 15.5 Å². The summed E-state index contributed by atoms with van der Waals surface area (Å²) in [6.45, 7) is 8.57. The zero-order chi connectivity index (χ0) is 15.5. The van der Waals surface area contributed by atoms with Crippen LogP contribution in [-0.2, 0) is 6.54 Å². The van der Waals surface area contributed by atoms with E-state index in [-0.39, 0.29) is 0 Å². The highest BCUT2D eigenvalue weighted by molar-refractivity contribution is 5.79. The number of aliphatic imine (C=N–C) groups is 1. The summed E-state index contributed by atoms with van der Waals surface area (Å²) in [4.78, 5) is 7.22. The summed E-state index contributed by atoms with van der Waals surface area (Å²) in [6.07, 6.45) is 5.24. The Labute approximate surface area is 135 Å². The number of benzene rings is 1. The summed E-state index contributed by atoms with van der Waals surface area (Å²) in [5, 5.41) is 6.75. The van der Waals surface area contributed by atoms with Crippen LogP contribution >= 0.6 is 0 Å². The second-order valence-corrected chi connectivity index (χ2v) is 5.86. The van der Waals surface area contributed by atoms with E-state index >= 15 is 0 Å². The Morgan fingerprint density at radius 1 is 1.09 bits per heavy atom. The second-order valence-electron chi connectivity index (χ2n) is 5.86. The van der Waals surface area contributed by atoms with Gasteiger partial charge in [-0.1, -0.05) is 30.3 Å². The molecule has 0 unspecified atom stereocenters. The van der Waals surface area contributed by atoms with E-state index in [9.17, 15) is 0 Å². The summed E-state index contributed by atoms with van der Waals surface area (Å²) >= 11 is 0. The number of nitrogens with zero attached hydrogens (tertiary/aromatic N) is 2. The van der Waals surface area contributed by atoms with E-state index in [1.54, 1.807) is 0 Å². The van der Waals surface area contributed by atoms with Crippen LogP contribution in [0.5, 0.6) is 0 Å². The zero-order valence-corrected chi connectivity index (χ0v) is 13.9. The average molecular weight is 302 g/mol. The summed E-state index contributed by atoms with van der Waals surface area (Å²) in [5.41, 5.74) is 1.24. The largest absolute Gasteiger partial charge is 0.357 e. The van der Waals surface area contributed by atoms with E-state index in [2.05, 4.69) is 51.7 Å². The van der Waals surface area contributed by atoms with Crippen molar-refractivity contribution >= 4 is 5.96 Å². The lowest BCUT2D eigenvalue weighted by Crippen LogP contribution is -2.38. The highest BCUT2D eigenvalue weighted by Crippen LogP contribution is 2.07. The zero-order valence-electron chi connectivity index (χ0n) is 13.9. The normalized spacial score (nSPS) is 16.0. The van der Waals surface area contributed by atoms with Crippen LogP contribution in [0.2, 0.25) is 0 Å². The quantitative estimate of drug-likeness (QED) is 0.440. The van der Waals surface area contributed by atoms with Gasteiger partial charge in [0.05, 0.1) is 6.54 Å². The molecule has 1 aromatic carbocycles. The molecule has 2 N–H and O–H groups in total. The van der Waals surface area contributed by atoms with E-state index in [1.165, 1.54) is 50.9 Å². The van der Waals surface area contributed by atoms with Gasteiger partial charge in [0.1, 0.15) is 0 Å². The molecule has 122 valence electrons. The van der Waals surface area contributed by atoms with Crippen LogP contribution in [0.4, 0.5) is 0 Å². The van der Waals surface area contributed by atoms with Gasteiger partial charge in [0.25, 0.3) is 0 Å². The van der Waals surface area contributed by atoms with E-state index in [0.29, 0.717) is 0 Å². The van der Waals surface area contributed by atoms with Crippen molar-refractivity contribution in [1.29, 1.82) is 0 Å². The summed E-state index contributed by atoms with van der Waals surface area (Å²) in [6, 6.07) is 10.4. The second kappa shape index (κ2) is 10.2. The summed E-state index contributed by atoms with van der Waals surface area (Å²) in [7, 11) is 0. The third-order valence-corrected chi connectivity index (χ3v) is 4.00. The van der Waals surface area contributed by atoms with E-state index < -0.39 is 0 Å². The van der Waals surface area contributed by atoms with Gasteiger partial charge in [0.15, 0.2) is 5.96 Å². The molecule has 1 aromatic rings. The molecule has 0 aromatic heterocycles. The third-order valence-electron chi connectivity index (χ3n) is 4.00. The molecule has 1 fully saturated rings. The third kappa shape index (κ3) is 6.48. The van der Waals surface area contributed by atoms with E-state index in [0.717, 1.165) is 25.6 Å². The molecule has 0 bridgehead atoms. The first kappa shape index (κ1) is 16.8. The van der Waals surface area contributed by atoms with Gasteiger partial charge >= 0.3 is 0 Å². The number of nitrogens with one attached hydrogen (secondary N) is 2. The number of hydrogen-bond donors (Lipinski definition) is 2. The van der Waals surface area contributed by atoms with Gasteiger partial charge in [-0.2, -0.15) is 0 Å². The maximum absolute atomic E-state index is 4.64. The summed E-state index contributed by atoms with van der Waals surface area (Å²) in [5.74, 6) is 0.924. The monoisotopic (exact) mass is 302 g/mol. The Morgan fingerprint density at radius 2 is 1.86 bits per heavy atom. The van der Waals surface area contributed by atoms with Gasteiger partial charge in [0, 0.05) is 13.1 Å². The number of unbranched alkanes of at least 4 members (excludes halogenated alkanes) is 1. The van der Waals surface area contributed by atoms with Crippen molar-refractivity contribution < 1.29 is 0 Å². The Kier molecular flexibility index (Phi) is 7.81. The predicted octanol–water partition coefficient (Wildman–Crippen LogP) is 2.62. The topological polar surface area (TPSA) is 39.7 Å². The van der Waals surface area contributed by atoms with Crippen LogP contribution in [0, 0.1) is 0 Å². The van der Waals surface area contributed by atoms with Crippen LogP contribution < -0.4 is 10.6 Å². The first-order chi connectivity index (χ1) is 10.9. The molecule has 2 rings (SSSR count). The maximum atomic E-state index is 4.64. The molecule has 0 saturated carbocycles. The molecule has 1 saturated heterocycles. The standard InChI is InChI=1S/C18H30N4/c1-2-19-18(21-16-17-10-4-3-5-11-17)20-12-6-7-13-22-14-8-9-15-22/h3-5,10-11H,2,6-9,12-16H2,1H3,(H2,19,20,21). The molecule has 0 spiro atoms. The van der Waals surface area contributed by atoms with Crippen molar-refractivity contribution in [2.24, 2.45) is 4.99 Å². The predicted molar refractivity (Wildman–Crippen MR) is 94.2 cm³/mol. The molecule has 0 aliphatic carbocycles. The molecule has 1 aliphatic rings. The van der Waals surface area contributed by atoms with Crippen molar-refractivity contribution in [2.45, 2.75) is 39.2 Å². The number of rotatable bonds is 8. The minimum atomic E-state index is 0.726. The molecule has 1 heterocycles. The van der Waals surface area contributed by atoms with Crippen LogP contribution in [0.3, 0.4) is 0 Å². The lowest BCUT2D eigenvalue weighted by atomic mass is 10.2. The Bertz CT molecular complexity index is 424. The molecular formula is C18H30N4. The number of guanidine groups is 1.